The smallest absolute Gasteiger partial charge is 0.333 e. The van der Waals surface area contributed by atoms with Gasteiger partial charge in [0.25, 0.3) is 11.8 Å². The van der Waals surface area contributed by atoms with Crippen LogP contribution in [-0.4, -0.2) is 40.7 Å². The lowest BCUT2D eigenvalue weighted by molar-refractivity contribution is -0.136. The van der Waals surface area contributed by atoms with Crippen LogP contribution >= 0.6 is 0 Å². The molecule has 0 aromatic heterocycles. The van der Waals surface area contributed by atoms with Gasteiger partial charge in [0.05, 0.1) is 0 Å². The second-order valence-electron chi connectivity index (χ2n) is 6.34. The van der Waals surface area contributed by atoms with E-state index in [9.17, 15) is 14.4 Å². The SMILES string of the molecule is CCCCN1C(=O)C(=C(N)N)C(=O)N(CC2CCCCC2)C1=O. The molecule has 0 spiro atoms. The van der Waals surface area contributed by atoms with E-state index in [1.807, 2.05) is 6.92 Å². The van der Waals surface area contributed by atoms with Crippen molar-refractivity contribution in [2.75, 3.05) is 13.1 Å². The zero-order chi connectivity index (χ0) is 17.0. The first-order chi connectivity index (χ1) is 11.0. The van der Waals surface area contributed by atoms with Gasteiger partial charge < -0.3 is 11.5 Å². The topological polar surface area (TPSA) is 110 Å². The molecule has 128 valence electrons. The van der Waals surface area contributed by atoms with Crippen LogP contribution in [0.2, 0.25) is 0 Å². The Labute approximate surface area is 136 Å². The van der Waals surface area contributed by atoms with Gasteiger partial charge in [0.15, 0.2) is 0 Å². The van der Waals surface area contributed by atoms with Crippen LogP contribution in [0, 0.1) is 5.92 Å². The minimum Gasteiger partial charge on any atom is -0.385 e. The van der Waals surface area contributed by atoms with E-state index < -0.39 is 17.8 Å². The molecule has 23 heavy (non-hydrogen) atoms. The molecule has 0 atom stereocenters. The van der Waals surface area contributed by atoms with E-state index in [4.69, 9.17) is 11.5 Å². The molecule has 7 heteroatoms. The monoisotopic (exact) mass is 322 g/mol. The molecular weight excluding hydrogens is 296 g/mol. The van der Waals surface area contributed by atoms with Crippen molar-refractivity contribution in [3.8, 4) is 0 Å². The van der Waals surface area contributed by atoms with Gasteiger partial charge in [0, 0.05) is 13.1 Å². The molecule has 0 aromatic carbocycles. The highest BCUT2D eigenvalue weighted by atomic mass is 16.2. The Kier molecular flexibility index (Phi) is 5.63. The Morgan fingerprint density at radius 3 is 2.22 bits per heavy atom. The maximum absolute atomic E-state index is 12.6. The molecule has 2 aliphatic rings. The normalized spacial score (nSPS) is 20.4. The minimum absolute atomic E-state index is 0.267. The van der Waals surface area contributed by atoms with Crippen molar-refractivity contribution in [2.24, 2.45) is 17.4 Å². The first-order valence-corrected chi connectivity index (χ1v) is 8.40. The fourth-order valence-electron chi connectivity index (χ4n) is 3.23. The molecule has 4 amide bonds. The van der Waals surface area contributed by atoms with E-state index in [1.165, 1.54) is 6.42 Å². The highest BCUT2D eigenvalue weighted by molar-refractivity contribution is 6.29. The average molecular weight is 322 g/mol. The number of nitrogens with two attached hydrogens (primary N) is 2. The summed E-state index contributed by atoms with van der Waals surface area (Å²) in [7, 11) is 0. The van der Waals surface area contributed by atoms with Gasteiger partial charge in [0.2, 0.25) is 0 Å². The zero-order valence-electron chi connectivity index (χ0n) is 13.7. The fourth-order valence-corrected chi connectivity index (χ4v) is 3.23. The number of urea groups is 1. The molecule has 7 nitrogen and oxygen atoms in total. The van der Waals surface area contributed by atoms with Crippen LogP contribution in [0.5, 0.6) is 0 Å². The minimum atomic E-state index is -0.673. The lowest BCUT2D eigenvalue weighted by Crippen LogP contribution is -2.58. The van der Waals surface area contributed by atoms with Crippen molar-refractivity contribution < 1.29 is 14.4 Å². The van der Waals surface area contributed by atoms with Gasteiger partial charge in [-0.05, 0) is 25.2 Å². The number of amides is 4. The second kappa shape index (κ2) is 7.48. The fraction of sp³-hybridized carbons (Fsp3) is 0.688. The maximum Gasteiger partial charge on any atom is 0.333 e. The summed E-state index contributed by atoms with van der Waals surface area (Å²) in [5.74, 6) is -1.35. The van der Waals surface area contributed by atoms with Crippen LogP contribution in [0.1, 0.15) is 51.9 Å². The van der Waals surface area contributed by atoms with Crippen molar-refractivity contribution in [3.63, 3.8) is 0 Å². The van der Waals surface area contributed by atoms with E-state index in [2.05, 4.69) is 0 Å². The van der Waals surface area contributed by atoms with Gasteiger partial charge in [-0.1, -0.05) is 32.6 Å². The van der Waals surface area contributed by atoms with Gasteiger partial charge in [-0.2, -0.15) is 0 Å². The average Bonchev–Trinajstić information content (AvgIpc) is 2.52. The summed E-state index contributed by atoms with van der Waals surface area (Å²) >= 11 is 0. The van der Waals surface area contributed by atoms with Crippen LogP contribution < -0.4 is 11.5 Å². The lowest BCUT2D eigenvalue weighted by Gasteiger charge is -2.36. The molecule has 1 heterocycles. The number of unbranched alkanes of at least 4 members (excludes halogenated alkanes) is 1. The van der Waals surface area contributed by atoms with Crippen molar-refractivity contribution in [1.82, 2.24) is 9.80 Å². The molecule has 0 unspecified atom stereocenters. The molecule has 1 aliphatic heterocycles. The van der Waals surface area contributed by atoms with Crippen molar-refractivity contribution in [1.29, 1.82) is 0 Å². The largest absolute Gasteiger partial charge is 0.385 e. The third-order valence-corrected chi connectivity index (χ3v) is 4.57. The number of carbonyl (C=O) groups is 3. The van der Waals surface area contributed by atoms with Crippen LogP contribution in [0.3, 0.4) is 0 Å². The van der Waals surface area contributed by atoms with E-state index in [0.29, 0.717) is 13.0 Å². The highest BCUT2D eigenvalue weighted by Crippen LogP contribution is 2.27. The quantitative estimate of drug-likeness (QED) is 0.585. The number of hydrogen-bond acceptors (Lipinski definition) is 5. The van der Waals surface area contributed by atoms with Gasteiger partial charge in [-0.3, -0.25) is 19.4 Å². The molecule has 0 aromatic rings. The summed E-state index contributed by atoms with van der Waals surface area (Å²) in [6.45, 7) is 2.58. The van der Waals surface area contributed by atoms with Crippen LogP contribution in [0.25, 0.3) is 0 Å². The van der Waals surface area contributed by atoms with Gasteiger partial charge in [-0.15, -0.1) is 0 Å². The molecular formula is C16H26N4O3. The van der Waals surface area contributed by atoms with Crippen molar-refractivity contribution >= 4 is 17.8 Å². The number of rotatable bonds is 5. The molecule has 4 N–H and O–H groups in total. The Hall–Kier alpha value is -2.05. The Morgan fingerprint density at radius 2 is 1.65 bits per heavy atom. The molecule has 1 saturated heterocycles. The van der Waals surface area contributed by atoms with Gasteiger partial charge >= 0.3 is 6.03 Å². The second-order valence-corrected chi connectivity index (χ2v) is 6.34. The summed E-state index contributed by atoms with van der Waals surface area (Å²) in [5.41, 5.74) is 10.8. The Morgan fingerprint density at radius 1 is 1.04 bits per heavy atom. The summed E-state index contributed by atoms with van der Waals surface area (Å²) in [6, 6.07) is -0.538. The van der Waals surface area contributed by atoms with Crippen molar-refractivity contribution in [2.45, 2.75) is 51.9 Å². The summed E-state index contributed by atoms with van der Waals surface area (Å²) in [4.78, 5) is 39.7. The number of imide groups is 2. The molecule has 0 bridgehead atoms. The summed E-state index contributed by atoms with van der Waals surface area (Å²) in [5, 5.41) is 0. The van der Waals surface area contributed by atoms with Crippen LogP contribution in [-0.2, 0) is 9.59 Å². The number of hydrogen-bond donors (Lipinski definition) is 2. The third kappa shape index (κ3) is 3.65. The number of barbiturate groups is 1. The van der Waals surface area contributed by atoms with Crippen LogP contribution in [0.4, 0.5) is 4.79 Å². The van der Waals surface area contributed by atoms with E-state index in [0.717, 1.165) is 41.9 Å². The third-order valence-electron chi connectivity index (χ3n) is 4.57. The van der Waals surface area contributed by atoms with E-state index >= 15 is 0 Å². The van der Waals surface area contributed by atoms with Gasteiger partial charge in [-0.25, -0.2) is 4.79 Å². The van der Waals surface area contributed by atoms with Crippen LogP contribution in [0.15, 0.2) is 11.4 Å². The first kappa shape index (κ1) is 17.3. The summed E-state index contributed by atoms with van der Waals surface area (Å²) < 4.78 is 0. The Bertz CT molecular complexity index is 519. The molecule has 0 radical (unpaired) electrons. The summed E-state index contributed by atoms with van der Waals surface area (Å²) in [6.07, 6.45) is 6.93. The van der Waals surface area contributed by atoms with E-state index in [1.54, 1.807) is 0 Å². The highest BCUT2D eigenvalue weighted by Gasteiger charge is 2.43. The number of carbonyl (C=O) groups excluding carboxylic acids is 3. The molecule has 2 fully saturated rings. The molecule has 1 aliphatic carbocycles. The van der Waals surface area contributed by atoms with Gasteiger partial charge in [0.1, 0.15) is 11.4 Å². The lowest BCUT2D eigenvalue weighted by atomic mass is 9.88. The zero-order valence-corrected chi connectivity index (χ0v) is 13.7. The first-order valence-electron chi connectivity index (χ1n) is 8.40. The molecule has 2 rings (SSSR count). The maximum atomic E-state index is 12.6. The van der Waals surface area contributed by atoms with Crippen molar-refractivity contribution in [3.05, 3.63) is 11.4 Å². The predicted octanol–water partition coefficient (Wildman–Crippen LogP) is 1.29. The number of nitrogens with zero attached hydrogens (tertiary/aromatic N) is 2. The standard InChI is InChI=1S/C16H26N4O3/c1-2-3-9-19-14(21)12(13(17)18)15(22)20(16(19)23)10-11-7-5-4-6-8-11/h11H,2-10,17-18H2,1H3. The molecule has 1 saturated carbocycles. The Balaban J connectivity index is 2.24. The predicted molar refractivity (Wildman–Crippen MR) is 85.7 cm³/mol. The van der Waals surface area contributed by atoms with E-state index in [-0.39, 0.29) is 23.9 Å².